The van der Waals surface area contributed by atoms with Gasteiger partial charge in [-0.2, -0.15) is 0 Å². The van der Waals surface area contributed by atoms with Crippen LogP contribution in [0.1, 0.15) is 5.56 Å². The number of pyridine rings is 1. The normalized spacial score (nSPS) is 10.9. The van der Waals surface area contributed by atoms with Crippen LogP contribution in [0.15, 0.2) is 41.1 Å². The lowest BCUT2D eigenvalue weighted by molar-refractivity contribution is 0.580. The molecule has 0 saturated heterocycles. The van der Waals surface area contributed by atoms with Crippen LogP contribution in [0, 0.1) is 11.6 Å². The number of halogens is 3. The largest absolute Gasteiger partial charge is 0.378 e. The van der Waals surface area contributed by atoms with Gasteiger partial charge < -0.3 is 10.3 Å². The molecule has 102 valence electrons. The molecule has 0 saturated carbocycles. The van der Waals surface area contributed by atoms with Crippen molar-refractivity contribution in [3.63, 3.8) is 0 Å². The molecule has 1 aromatic carbocycles. The molecule has 3 nitrogen and oxygen atoms in total. The van der Waals surface area contributed by atoms with Crippen LogP contribution in [0.25, 0.3) is 11.0 Å². The standard InChI is InChI=1S/C14H10BrF2N3/c15-10-4-13(12(17)5-11(10)16)19-6-8-7-20-14-9(8)2-1-3-18-14/h1-5,7,19H,6H2,(H,18,20). The first-order valence-corrected chi connectivity index (χ1v) is 6.74. The highest BCUT2D eigenvalue weighted by Crippen LogP contribution is 2.25. The lowest BCUT2D eigenvalue weighted by Crippen LogP contribution is -2.01. The van der Waals surface area contributed by atoms with E-state index >= 15 is 0 Å². The van der Waals surface area contributed by atoms with Crippen LogP contribution < -0.4 is 5.32 Å². The van der Waals surface area contributed by atoms with E-state index in [-0.39, 0.29) is 10.2 Å². The molecule has 0 bridgehead atoms. The predicted molar refractivity (Wildman–Crippen MR) is 77.5 cm³/mol. The summed E-state index contributed by atoms with van der Waals surface area (Å²) in [7, 11) is 0. The molecule has 0 spiro atoms. The highest BCUT2D eigenvalue weighted by Gasteiger charge is 2.09. The van der Waals surface area contributed by atoms with Gasteiger partial charge in [0.05, 0.1) is 10.2 Å². The molecule has 2 heterocycles. The molecular weight excluding hydrogens is 328 g/mol. The molecule has 2 aromatic heterocycles. The van der Waals surface area contributed by atoms with Crippen molar-refractivity contribution in [1.29, 1.82) is 0 Å². The van der Waals surface area contributed by atoms with Crippen molar-refractivity contribution < 1.29 is 8.78 Å². The Labute approximate surface area is 122 Å². The van der Waals surface area contributed by atoms with Gasteiger partial charge in [0.2, 0.25) is 0 Å². The number of anilines is 1. The Morgan fingerprint density at radius 2 is 2.10 bits per heavy atom. The molecular formula is C14H10BrF2N3. The molecule has 20 heavy (non-hydrogen) atoms. The zero-order valence-electron chi connectivity index (χ0n) is 10.3. The average Bonchev–Trinajstić information content (AvgIpc) is 2.85. The molecule has 0 unspecified atom stereocenters. The van der Waals surface area contributed by atoms with Crippen LogP contribution in [0.5, 0.6) is 0 Å². The summed E-state index contributed by atoms with van der Waals surface area (Å²) in [6, 6.07) is 6.02. The number of aromatic nitrogens is 2. The van der Waals surface area contributed by atoms with Crippen molar-refractivity contribution in [2.24, 2.45) is 0 Å². The van der Waals surface area contributed by atoms with Gasteiger partial charge >= 0.3 is 0 Å². The first-order valence-electron chi connectivity index (χ1n) is 5.94. The minimum Gasteiger partial charge on any atom is -0.378 e. The number of hydrogen-bond donors (Lipinski definition) is 2. The van der Waals surface area contributed by atoms with Gasteiger partial charge in [0.15, 0.2) is 0 Å². The fourth-order valence-corrected chi connectivity index (χ4v) is 2.35. The number of hydrogen-bond acceptors (Lipinski definition) is 2. The molecule has 0 amide bonds. The van der Waals surface area contributed by atoms with Crippen molar-refractivity contribution in [2.45, 2.75) is 6.54 Å². The van der Waals surface area contributed by atoms with E-state index in [1.54, 1.807) is 6.20 Å². The van der Waals surface area contributed by atoms with Gasteiger partial charge in [-0.05, 0) is 39.7 Å². The summed E-state index contributed by atoms with van der Waals surface area (Å²) in [4.78, 5) is 7.23. The third kappa shape index (κ3) is 2.38. The molecule has 0 aliphatic heterocycles. The Bertz CT molecular complexity index is 770. The molecule has 3 aromatic rings. The second-order valence-electron chi connectivity index (χ2n) is 4.31. The Balaban J connectivity index is 1.85. The smallest absolute Gasteiger partial charge is 0.149 e. The fourth-order valence-electron chi connectivity index (χ4n) is 2.01. The van der Waals surface area contributed by atoms with E-state index in [0.717, 1.165) is 22.7 Å². The Morgan fingerprint density at radius 3 is 2.95 bits per heavy atom. The predicted octanol–water partition coefficient (Wildman–Crippen LogP) is 4.22. The second kappa shape index (κ2) is 5.20. The van der Waals surface area contributed by atoms with Gasteiger partial charge in [0.1, 0.15) is 17.3 Å². The van der Waals surface area contributed by atoms with Crippen molar-refractivity contribution in [3.8, 4) is 0 Å². The van der Waals surface area contributed by atoms with E-state index in [0.29, 0.717) is 6.54 Å². The molecule has 0 aliphatic rings. The highest BCUT2D eigenvalue weighted by molar-refractivity contribution is 9.10. The molecule has 0 fully saturated rings. The minimum atomic E-state index is -0.622. The third-order valence-electron chi connectivity index (χ3n) is 3.02. The summed E-state index contributed by atoms with van der Waals surface area (Å²) in [5.41, 5.74) is 1.99. The quantitative estimate of drug-likeness (QED) is 0.702. The zero-order chi connectivity index (χ0) is 14.1. The number of benzene rings is 1. The van der Waals surface area contributed by atoms with Crippen LogP contribution in [0.3, 0.4) is 0 Å². The number of H-pyrrole nitrogens is 1. The highest BCUT2D eigenvalue weighted by atomic mass is 79.9. The Hall–Kier alpha value is -1.95. The van der Waals surface area contributed by atoms with Gasteiger partial charge in [-0.3, -0.25) is 0 Å². The van der Waals surface area contributed by atoms with Crippen molar-refractivity contribution >= 4 is 32.7 Å². The molecule has 2 N–H and O–H groups in total. The Morgan fingerprint density at radius 1 is 1.25 bits per heavy atom. The number of aromatic amines is 1. The number of rotatable bonds is 3. The summed E-state index contributed by atoms with van der Waals surface area (Å²) < 4.78 is 27.0. The van der Waals surface area contributed by atoms with E-state index in [1.165, 1.54) is 6.07 Å². The van der Waals surface area contributed by atoms with E-state index < -0.39 is 11.6 Å². The SMILES string of the molecule is Fc1cc(F)c(NCc2c[nH]c3ncccc23)cc1Br. The van der Waals surface area contributed by atoms with Crippen molar-refractivity contribution in [1.82, 2.24) is 9.97 Å². The maximum atomic E-state index is 13.6. The van der Waals surface area contributed by atoms with E-state index in [4.69, 9.17) is 0 Å². The number of nitrogens with zero attached hydrogens (tertiary/aromatic N) is 1. The van der Waals surface area contributed by atoms with Crippen molar-refractivity contribution in [3.05, 3.63) is 58.3 Å². The summed E-state index contributed by atoms with van der Waals surface area (Å²) in [6.45, 7) is 0.417. The minimum absolute atomic E-state index is 0.224. The summed E-state index contributed by atoms with van der Waals surface area (Å²) in [6.07, 6.45) is 3.52. The molecule has 0 atom stereocenters. The van der Waals surface area contributed by atoms with Gasteiger partial charge in [-0.1, -0.05) is 0 Å². The van der Waals surface area contributed by atoms with Crippen LogP contribution in [-0.2, 0) is 6.54 Å². The van der Waals surface area contributed by atoms with Gasteiger partial charge in [0.25, 0.3) is 0 Å². The topological polar surface area (TPSA) is 40.7 Å². The number of fused-ring (bicyclic) bond motifs is 1. The van der Waals surface area contributed by atoms with Crippen LogP contribution >= 0.6 is 15.9 Å². The summed E-state index contributed by atoms with van der Waals surface area (Å²) >= 11 is 3.04. The lowest BCUT2D eigenvalue weighted by Gasteiger charge is -2.08. The first kappa shape index (κ1) is 13.1. The first-order chi connectivity index (χ1) is 9.65. The van der Waals surface area contributed by atoms with Gasteiger partial charge in [0, 0.05) is 30.4 Å². The number of nitrogens with one attached hydrogen (secondary N) is 2. The zero-order valence-corrected chi connectivity index (χ0v) is 11.8. The molecule has 6 heteroatoms. The van der Waals surface area contributed by atoms with E-state index in [9.17, 15) is 8.78 Å². The van der Waals surface area contributed by atoms with Crippen LogP contribution in [0.4, 0.5) is 14.5 Å². The Kier molecular flexibility index (Phi) is 3.40. The summed E-state index contributed by atoms with van der Waals surface area (Å²) in [5.74, 6) is -1.24. The lowest BCUT2D eigenvalue weighted by atomic mass is 10.2. The maximum absolute atomic E-state index is 13.6. The molecule has 3 rings (SSSR count). The maximum Gasteiger partial charge on any atom is 0.149 e. The monoisotopic (exact) mass is 337 g/mol. The van der Waals surface area contributed by atoms with E-state index in [1.807, 2.05) is 18.3 Å². The van der Waals surface area contributed by atoms with Crippen LogP contribution in [-0.4, -0.2) is 9.97 Å². The average molecular weight is 338 g/mol. The second-order valence-corrected chi connectivity index (χ2v) is 5.17. The van der Waals surface area contributed by atoms with Crippen LogP contribution in [0.2, 0.25) is 0 Å². The fraction of sp³-hybridized carbons (Fsp3) is 0.0714. The van der Waals surface area contributed by atoms with Gasteiger partial charge in [-0.15, -0.1) is 0 Å². The molecule has 0 aliphatic carbocycles. The van der Waals surface area contributed by atoms with Crippen molar-refractivity contribution in [2.75, 3.05) is 5.32 Å². The van der Waals surface area contributed by atoms with Gasteiger partial charge in [-0.25, -0.2) is 13.8 Å². The summed E-state index contributed by atoms with van der Waals surface area (Å²) in [5, 5.41) is 3.93. The molecule has 0 radical (unpaired) electrons. The van der Waals surface area contributed by atoms with E-state index in [2.05, 4.69) is 31.2 Å². The third-order valence-corrected chi connectivity index (χ3v) is 3.62.